The monoisotopic (exact) mass is 353 g/mol. The molecule has 144 valence electrons. The molecule has 3 N–H and O–H groups in total. The highest BCUT2D eigenvalue weighted by Crippen LogP contribution is 2.32. The summed E-state index contributed by atoms with van der Waals surface area (Å²) < 4.78 is 0. The fourth-order valence-electron chi connectivity index (χ4n) is 4.21. The smallest absolute Gasteiger partial charge is 0.317 e. The lowest BCUT2D eigenvalue weighted by Gasteiger charge is -2.42. The van der Waals surface area contributed by atoms with Gasteiger partial charge in [0, 0.05) is 18.6 Å². The summed E-state index contributed by atoms with van der Waals surface area (Å²) in [7, 11) is 0. The number of hydrogen-bond donors (Lipinski definition) is 3. The SMILES string of the molecule is CCN(CC(=O)O)C1CC(NC(=O)NCC2CCC(C(C)C)CC2)C1. The Kier molecular flexibility index (Phi) is 7.54. The number of carboxylic acid groups (broad SMARTS) is 1. The van der Waals surface area contributed by atoms with Crippen LogP contribution in [0.15, 0.2) is 0 Å². The molecule has 6 nitrogen and oxygen atoms in total. The molecule has 0 aromatic rings. The summed E-state index contributed by atoms with van der Waals surface area (Å²) in [6.07, 6.45) is 6.69. The average Bonchev–Trinajstić information content (AvgIpc) is 2.54. The summed E-state index contributed by atoms with van der Waals surface area (Å²) in [5, 5.41) is 15.0. The minimum absolute atomic E-state index is 0.0734. The second kappa shape index (κ2) is 9.41. The van der Waals surface area contributed by atoms with Gasteiger partial charge in [0.25, 0.3) is 0 Å². The first kappa shape index (κ1) is 20.0. The van der Waals surface area contributed by atoms with Crippen molar-refractivity contribution in [3.63, 3.8) is 0 Å². The van der Waals surface area contributed by atoms with Crippen molar-refractivity contribution in [2.75, 3.05) is 19.6 Å². The number of hydrogen-bond acceptors (Lipinski definition) is 3. The number of carbonyl (C=O) groups excluding carboxylic acids is 1. The summed E-state index contributed by atoms with van der Waals surface area (Å²) in [6, 6.07) is 0.373. The predicted octanol–water partition coefficient (Wildman–Crippen LogP) is 2.69. The molecule has 0 radical (unpaired) electrons. The van der Waals surface area contributed by atoms with E-state index < -0.39 is 5.97 Å². The van der Waals surface area contributed by atoms with E-state index in [4.69, 9.17) is 5.11 Å². The zero-order chi connectivity index (χ0) is 18.4. The van der Waals surface area contributed by atoms with Gasteiger partial charge in [-0.1, -0.05) is 20.8 Å². The first-order valence-corrected chi connectivity index (χ1v) is 9.89. The number of amides is 2. The van der Waals surface area contributed by atoms with Gasteiger partial charge >= 0.3 is 12.0 Å². The zero-order valence-corrected chi connectivity index (χ0v) is 16.0. The van der Waals surface area contributed by atoms with Gasteiger partial charge in [-0.15, -0.1) is 0 Å². The minimum Gasteiger partial charge on any atom is -0.480 e. The third-order valence-corrected chi connectivity index (χ3v) is 6.09. The maximum atomic E-state index is 12.1. The molecular weight excluding hydrogens is 318 g/mol. The standard InChI is InChI=1S/C19H35N3O3/c1-4-22(12-18(23)24)17-9-16(10-17)21-19(25)20-11-14-5-7-15(8-6-14)13(2)3/h13-17H,4-12H2,1-3H3,(H,23,24)(H2,20,21,25). The third kappa shape index (κ3) is 6.17. The summed E-state index contributed by atoms with van der Waals surface area (Å²) in [6.45, 7) is 8.17. The number of nitrogens with one attached hydrogen (secondary N) is 2. The van der Waals surface area contributed by atoms with Crippen molar-refractivity contribution in [3.05, 3.63) is 0 Å². The van der Waals surface area contributed by atoms with Gasteiger partial charge in [0.05, 0.1) is 6.54 Å². The van der Waals surface area contributed by atoms with Crippen LogP contribution >= 0.6 is 0 Å². The van der Waals surface area contributed by atoms with Crippen LogP contribution in [0.3, 0.4) is 0 Å². The van der Waals surface area contributed by atoms with Crippen LogP contribution < -0.4 is 10.6 Å². The van der Waals surface area contributed by atoms with Crippen LogP contribution in [-0.2, 0) is 4.79 Å². The van der Waals surface area contributed by atoms with E-state index in [0.29, 0.717) is 5.92 Å². The summed E-state index contributed by atoms with van der Waals surface area (Å²) in [5.41, 5.74) is 0. The molecule has 0 atom stereocenters. The third-order valence-electron chi connectivity index (χ3n) is 6.09. The maximum absolute atomic E-state index is 12.1. The Bertz CT molecular complexity index is 441. The Morgan fingerprint density at radius 1 is 1.16 bits per heavy atom. The predicted molar refractivity (Wildman–Crippen MR) is 98.5 cm³/mol. The van der Waals surface area contributed by atoms with Crippen molar-refractivity contribution in [1.82, 2.24) is 15.5 Å². The number of aliphatic carboxylic acids is 1. The highest BCUT2D eigenvalue weighted by molar-refractivity contribution is 5.74. The fraction of sp³-hybridized carbons (Fsp3) is 0.895. The first-order valence-electron chi connectivity index (χ1n) is 9.89. The Morgan fingerprint density at radius 3 is 2.32 bits per heavy atom. The quantitative estimate of drug-likeness (QED) is 0.627. The van der Waals surface area contributed by atoms with E-state index in [1.165, 1.54) is 25.7 Å². The van der Waals surface area contributed by atoms with Crippen LogP contribution in [-0.4, -0.2) is 53.7 Å². The van der Waals surface area contributed by atoms with E-state index in [0.717, 1.165) is 37.8 Å². The molecule has 0 aromatic heterocycles. The molecule has 0 unspecified atom stereocenters. The lowest BCUT2D eigenvalue weighted by Crippen LogP contribution is -2.56. The summed E-state index contributed by atoms with van der Waals surface area (Å²) in [4.78, 5) is 24.9. The van der Waals surface area contributed by atoms with Crippen molar-refractivity contribution in [2.24, 2.45) is 17.8 Å². The molecule has 2 rings (SSSR count). The normalized spacial score (nSPS) is 29.3. The number of carbonyl (C=O) groups is 2. The molecule has 0 bridgehead atoms. The van der Waals surface area contributed by atoms with E-state index in [2.05, 4.69) is 24.5 Å². The second-order valence-electron chi connectivity index (χ2n) is 8.16. The van der Waals surface area contributed by atoms with Crippen LogP contribution in [0.1, 0.15) is 59.3 Å². The molecular formula is C19H35N3O3. The van der Waals surface area contributed by atoms with Gasteiger partial charge < -0.3 is 15.7 Å². The van der Waals surface area contributed by atoms with Crippen LogP contribution in [0.4, 0.5) is 4.79 Å². The minimum atomic E-state index is -0.789. The zero-order valence-electron chi connectivity index (χ0n) is 16.0. The van der Waals surface area contributed by atoms with E-state index in [9.17, 15) is 9.59 Å². The van der Waals surface area contributed by atoms with Gasteiger partial charge in [-0.05, 0) is 62.8 Å². The topological polar surface area (TPSA) is 81.7 Å². The van der Waals surface area contributed by atoms with Gasteiger partial charge in [0.2, 0.25) is 0 Å². The van der Waals surface area contributed by atoms with E-state index in [1.54, 1.807) is 0 Å². The number of urea groups is 1. The van der Waals surface area contributed by atoms with Crippen molar-refractivity contribution in [3.8, 4) is 0 Å². The van der Waals surface area contributed by atoms with E-state index >= 15 is 0 Å². The van der Waals surface area contributed by atoms with Crippen LogP contribution in [0.5, 0.6) is 0 Å². The lowest BCUT2D eigenvalue weighted by atomic mass is 9.77. The van der Waals surface area contributed by atoms with Gasteiger partial charge in [0.1, 0.15) is 0 Å². The average molecular weight is 354 g/mol. The van der Waals surface area contributed by atoms with Crippen molar-refractivity contribution in [2.45, 2.75) is 71.4 Å². The van der Waals surface area contributed by atoms with Crippen LogP contribution in [0.2, 0.25) is 0 Å². The molecule has 0 heterocycles. The van der Waals surface area contributed by atoms with Crippen LogP contribution in [0, 0.1) is 17.8 Å². The molecule has 0 saturated heterocycles. The number of carboxylic acids is 1. The Labute approximate surface area is 151 Å². The number of rotatable bonds is 8. The van der Waals surface area contributed by atoms with Crippen LogP contribution in [0.25, 0.3) is 0 Å². The van der Waals surface area contributed by atoms with Gasteiger partial charge in [-0.25, -0.2) is 4.79 Å². The first-order chi connectivity index (χ1) is 11.9. The highest BCUT2D eigenvalue weighted by Gasteiger charge is 2.34. The molecule has 2 amide bonds. The molecule has 2 aliphatic rings. The molecule has 2 aliphatic carbocycles. The lowest BCUT2D eigenvalue weighted by molar-refractivity contribution is -0.139. The summed E-state index contributed by atoms with van der Waals surface area (Å²) in [5.74, 6) is 1.45. The Balaban J connectivity index is 1.59. The molecule has 25 heavy (non-hydrogen) atoms. The molecule has 2 fully saturated rings. The van der Waals surface area contributed by atoms with Crippen molar-refractivity contribution >= 4 is 12.0 Å². The second-order valence-corrected chi connectivity index (χ2v) is 8.16. The van der Waals surface area contributed by atoms with Gasteiger partial charge in [0.15, 0.2) is 0 Å². The molecule has 0 aromatic carbocycles. The van der Waals surface area contributed by atoms with E-state index in [-0.39, 0.29) is 24.7 Å². The largest absolute Gasteiger partial charge is 0.480 e. The van der Waals surface area contributed by atoms with Gasteiger partial charge in [-0.2, -0.15) is 0 Å². The van der Waals surface area contributed by atoms with Gasteiger partial charge in [-0.3, -0.25) is 9.69 Å². The molecule has 2 saturated carbocycles. The highest BCUT2D eigenvalue weighted by atomic mass is 16.4. The van der Waals surface area contributed by atoms with Crippen molar-refractivity contribution < 1.29 is 14.7 Å². The van der Waals surface area contributed by atoms with Crippen molar-refractivity contribution in [1.29, 1.82) is 0 Å². The fourth-order valence-corrected chi connectivity index (χ4v) is 4.21. The maximum Gasteiger partial charge on any atom is 0.317 e. The summed E-state index contributed by atoms with van der Waals surface area (Å²) >= 11 is 0. The Morgan fingerprint density at radius 2 is 1.80 bits per heavy atom. The number of nitrogens with zero attached hydrogens (tertiary/aromatic N) is 1. The molecule has 0 spiro atoms. The number of likely N-dealkylation sites (N-methyl/N-ethyl adjacent to an activating group) is 1. The molecule has 6 heteroatoms. The Hall–Kier alpha value is -1.30. The van der Waals surface area contributed by atoms with E-state index in [1.807, 2.05) is 11.8 Å². The molecule has 0 aliphatic heterocycles.